The maximum atomic E-state index is 9.48. The number of hydrogen-bond acceptors (Lipinski definition) is 6. The molecule has 1 aromatic heterocycles. The van der Waals surface area contributed by atoms with Gasteiger partial charge in [-0.15, -0.1) is 0 Å². The van der Waals surface area contributed by atoms with Crippen LogP contribution in [0.5, 0.6) is 17.2 Å². The van der Waals surface area contributed by atoms with Gasteiger partial charge in [0.05, 0.1) is 7.11 Å². The Hall–Kier alpha value is -3.02. The molecular weight excluding hydrogens is 272 g/mol. The number of nitrogens with zero attached hydrogens (tertiary/aromatic N) is 2. The molecule has 0 saturated heterocycles. The Morgan fingerprint density at radius 2 is 1.76 bits per heavy atom. The van der Waals surface area contributed by atoms with Gasteiger partial charge in [-0.2, -0.15) is 4.98 Å². The molecule has 3 aromatic rings. The number of aromatic nitrogens is 2. The van der Waals surface area contributed by atoms with Crippen molar-refractivity contribution >= 4 is 0 Å². The highest BCUT2D eigenvalue weighted by atomic mass is 16.5. The van der Waals surface area contributed by atoms with Crippen LogP contribution in [-0.2, 0) is 0 Å². The van der Waals surface area contributed by atoms with E-state index < -0.39 is 0 Å². The first-order valence-corrected chi connectivity index (χ1v) is 6.17. The Kier molecular flexibility index (Phi) is 3.19. The zero-order valence-electron chi connectivity index (χ0n) is 11.1. The van der Waals surface area contributed by atoms with Crippen molar-refractivity contribution < 1.29 is 19.5 Å². The van der Waals surface area contributed by atoms with Crippen molar-refractivity contribution in [2.75, 3.05) is 7.11 Å². The summed E-state index contributed by atoms with van der Waals surface area (Å²) in [4.78, 5) is 4.25. The van der Waals surface area contributed by atoms with Gasteiger partial charge in [0.2, 0.25) is 5.82 Å². The summed E-state index contributed by atoms with van der Waals surface area (Å²) in [5, 5.41) is 22.9. The number of aromatic hydroxyl groups is 2. The quantitative estimate of drug-likeness (QED) is 0.768. The van der Waals surface area contributed by atoms with Crippen molar-refractivity contribution in [1.29, 1.82) is 0 Å². The maximum absolute atomic E-state index is 9.48. The minimum atomic E-state index is -0.0777. The molecule has 0 bridgehead atoms. The standard InChI is InChI=1S/C15H12N2O4/c1-20-13-4-2-3-9(7-13)14-16-15(21-17-14)10-5-11(18)8-12(19)6-10/h2-8,18-19H,1H3. The van der Waals surface area contributed by atoms with Crippen LogP contribution in [0.3, 0.4) is 0 Å². The molecule has 2 N–H and O–H groups in total. The van der Waals surface area contributed by atoms with Crippen LogP contribution in [0.1, 0.15) is 0 Å². The SMILES string of the molecule is COc1cccc(-c2noc(-c3cc(O)cc(O)c3)n2)c1. The number of methoxy groups -OCH3 is 1. The second kappa shape index (κ2) is 5.16. The largest absolute Gasteiger partial charge is 0.508 e. The second-order valence-electron chi connectivity index (χ2n) is 4.39. The van der Waals surface area contributed by atoms with Gasteiger partial charge in [0.1, 0.15) is 17.2 Å². The number of hydrogen-bond donors (Lipinski definition) is 2. The van der Waals surface area contributed by atoms with Gasteiger partial charge in [0, 0.05) is 17.2 Å². The molecule has 0 aliphatic rings. The van der Waals surface area contributed by atoms with E-state index in [0.717, 1.165) is 5.56 Å². The fourth-order valence-electron chi connectivity index (χ4n) is 1.94. The van der Waals surface area contributed by atoms with E-state index in [1.54, 1.807) is 13.2 Å². The third-order valence-electron chi connectivity index (χ3n) is 2.90. The van der Waals surface area contributed by atoms with Gasteiger partial charge < -0.3 is 19.5 Å². The van der Waals surface area contributed by atoms with Gasteiger partial charge in [-0.25, -0.2) is 0 Å². The molecule has 0 radical (unpaired) electrons. The lowest BCUT2D eigenvalue weighted by molar-refractivity contribution is 0.414. The predicted octanol–water partition coefficient (Wildman–Crippen LogP) is 2.82. The number of phenolic OH excluding ortho intramolecular Hbond substituents is 2. The van der Waals surface area contributed by atoms with Crippen LogP contribution in [-0.4, -0.2) is 27.5 Å². The van der Waals surface area contributed by atoms with Crippen molar-refractivity contribution in [3.8, 4) is 40.1 Å². The van der Waals surface area contributed by atoms with E-state index in [1.165, 1.54) is 18.2 Å². The summed E-state index contributed by atoms with van der Waals surface area (Å²) in [6, 6.07) is 11.3. The average Bonchev–Trinajstić information content (AvgIpc) is 2.96. The molecule has 0 spiro atoms. The zero-order valence-corrected chi connectivity index (χ0v) is 11.1. The summed E-state index contributed by atoms with van der Waals surface area (Å²) in [7, 11) is 1.58. The minimum absolute atomic E-state index is 0.0777. The highest BCUT2D eigenvalue weighted by Gasteiger charge is 2.12. The van der Waals surface area contributed by atoms with Crippen molar-refractivity contribution in [2.45, 2.75) is 0 Å². The Balaban J connectivity index is 1.99. The van der Waals surface area contributed by atoms with E-state index in [0.29, 0.717) is 17.1 Å². The molecule has 0 aliphatic heterocycles. The molecule has 3 rings (SSSR count). The summed E-state index contributed by atoms with van der Waals surface area (Å²) >= 11 is 0. The molecule has 0 unspecified atom stereocenters. The molecular formula is C15H12N2O4. The number of benzene rings is 2. The monoisotopic (exact) mass is 284 g/mol. The molecule has 0 fully saturated rings. The molecule has 6 heteroatoms. The first kappa shape index (κ1) is 13.0. The lowest BCUT2D eigenvalue weighted by atomic mass is 10.2. The first-order chi connectivity index (χ1) is 10.2. The summed E-state index contributed by atoms with van der Waals surface area (Å²) in [5.74, 6) is 1.14. The molecule has 0 amide bonds. The number of phenols is 2. The van der Waals surface area contributed by atoms with Crippen LogP contribution < -0.4 is 4.74 Å². The lowest BCUT2D eigenvalue weighted by Gasteiger charge is -2.00. The fourth-order valence-corrected chi connectivity index (χ4v) is 1.94. The van der Waals surface area contributed by atoms with Crippen LogP contribution in [0, 0.1) is 0 Å². The molecule has 21 heavy (non-hydrogen) atoms. The molecule has 106 valence electrons. The number of rotatable bonds is 3. The van der Waals surface area contributed by atoms with Crippen LogP contribution in [0.4, 0.5) is 0 Å². The summed E-state index contributed by atoms with van der Waals surface area (Å²) in [5.41, 5.74) is 1.18. The van der Waals surface area contributed by atoms with E-state index in [1.807, 2.05) is 18.2 Å². The average molecular weight is 284 g/mol. The van der Waals surface area contributed by atoms with Crippen LogP contribution in [0.2, 0.25) is 0 Å². The van der Waals surface area contributed by atoms with Gasteiger partial charge in [0.15, 0.2) is 0 Å². The molecule has 0 aliphatic carbocycles. The van der Waals surface area contributed by atoms with E-state index in [2.05, 4.69) is 10.1 Å². The second-order valence-corrected chi connectivity index (χ2v) is 4.39. The van der Waals surface area contributed by atoms with Gasteiger partial charge in [-0.3, -0.25) is 0 Å². The Labute approximate surface area is 120 Å². The van der Waals surface area contributed by atoms with Gasteiger partial charge in [0.25, 0.3) is 5.89 Å². The normalized spacial score (nSPS) is 10.5. The highest BCUT2D eigenvalue weighted by Crippen LogP contribution is 2.29. The van der Waals surface area contributed by atoms with Gasteiger partial charge >= 0.3 is 0 Å². The topological polar surface area (TPSA) is 88.6 Å². The van der Waals surface area contributed by atoms with E-state index >= 15 is 0 Å². The smallest absolute Gasteiger partial charge is 0.258 e. The fraction of sp³-hybridized carbons (Fsp3) is 0.0667. The Morgan fingerprint density at radius 1 is 1.00 bits per heavy atom. The van der Waals surface area contributed by atoms with Crippen molar-refractivity contribution in [1.82, 2.24) is 10.1 Å². The lowest BCUT2D eigenvalue weighted by Crippen LogP contribution is -1.85. The Morgan fingerprint density at radius 3 is 2.48 bits per heavy atom. The third-order valence-corrected chi connectivity index (χ3v) is 2.90. The molecule has 1 heterocycles. The van der Waals surface area contributed by atoms with E-state index in [9.17, 15) is 10.2 Å². The molecule has 0 saturated carbocycles. The van der Waals surface area contributed by atoms with Crippen molar-refractivity contribution in [2.24, 2.45) is 0 Å². The maximum Gasteiger partial charge on any atom is 0.258 e. The summed E-state index contributed by atoms with van der Waals surface area (Å²) in [6.45, 7) is 0. The third kappa shape index (κ3) is 2.64. The van der Waals surface area contributed by atoms with Crippen LogP contribution >= 0.6 is 0 Å². The summed E-state index contributed by atoms with van der Waals surface area (Å²) in [6.07, 6.45) is 0. The Bertz CT molecular complexity index is 763. The van der Waals surface area contributed by atoms with Crippen molar-refractivity contribution in [3.05, 3.63) is 42.5 Å². The molecule has 2 aromatic carbocycles. The number of ether oxygens (including phenoxy) is 1. The van der Waals surface area contributed by atoms with Crippen molar-refractivity contribution in [3.63, 3.8) is 0 Å². The van der Waals surface area contributed by atoms with Crippen LogP contribution in [0.25, 0.3) is 22.8 Å². The zero-order chi connectivity index (χ0) is 14.8. The summed E-state index contributed by atoms with van der Waals surface area (Å²) < 4.78 is 10.3. The van der Waals surface area contributed by atoms with Crippen LogP contribution in [0.15, 0.2) is 47.0 Å². The van der Waals surface area contributed by atoms with E-state index in [4.69, 9.17) is 9.26 Å². The molecule has 0 atom stereocenters. The first-order valence-electron chi connectivity index (χ1n) is 6.17. The van der Waals surface area contributed by atoms with E-state index in [-0.39, 0.29) is 17.4 Å². The predicted molar refractivity (Wildman–Crippen MR) is 75.1 cm³/mol. The molecule has 6 nitrogen and oxygen atoms in total. The van der Waals surface area contributed by atoms with Gasteiger partial charge in [-0.05, 0) is 24.3 Å². The highest BCUT2D eigenvalue weighted by molar-refractivity contribution is 5.63. The van der Waals surface area contributed by atoms with Gasteiger partial charge in [-0.1, -0.05) is 17.3 Å². The minimum Gasteiger partial charge on any atom is -0.508 e.